The summed E-state index contributed by atoms with van der Waals surface area (Å²) in [6.07, 6.45) is 8.00. The molecule has 0 radical (unpaired) electrons. The van der Waals surface area contributed by atoms with Crippen molar-refractivity contribution in [3.63, 3.8) is 0 Å². The molecule has 3 atom stereocenters. The van der Waals surface area contributed by atoms with Crippen LogP contribution in [0.3, 0.4) is 0 Å². The van der Waals surface area contributed by atoms with Crippen LogP contribution in [0.2, 0.25) is 0 Å². The number of carbonyl (C=O) groups excluding carboxylic acids is 2. The van der Waals surface area contributed by atoms with E-state index in [0.29, 0.717) is 6.54 Å². The molecule has 2 amide bonds. The fourth-order valence-electron chi connectivity index (χ4n) is 2.72. The second-order valence-electron chi connectivity index (χ2n) is 6.43. The molecule has 1 saturated carbocycles. The van der Waals surface area contributed by atoms with Crippen LogP contribution in [0, 0.1) is 5.92 Å². The van der Waals surface area contributed by atoms with Gasteiger partial charge in [0.2, 0.25) is 11.8 Å². The molecule has 0 unspecified atom stereocenters. The number of carbonyl (C=O) groups is 2. The van der Waals surface area contributed by atoms with E-state index in [9.17, 15) is 14.7 Å². The number of rotatable bonds is 7. The van der Waals surface area contributed by atoms with Crippen LogP contribution < -0.4 is 10.6 Å². The number of aromatic nitrogens is 1. The van der Waals surface area contributed by atoms with E-state index in [2.05, 4.69) is 15.6 Å². The Morgan fingerprint density at radius 3 is 2.68 bits per heavy atom. The first-order valence-electron chi connectivity index (χ1n) is 8.56. The molecule has 0 saturated heterocycles. The molecule has 3 rings (SSSR count). The van der Waals surface area contributed by atoms with Crippen LogP contribution in [0.1, 0.15) is 24.8 Å². The zero-order valence-electron chi connectivity index (χ0n) is 13.9. The Bertz CT molecular complexity index is 630. The molecule has 3 N–H and O–H groups in total. The normalized spacial score (nSPS) is 25.4. The van der Waals surface area contributed by atoms with Crippen molar-refractivity contribution >= 4 is 11.8 Å². The topological polar surface area (TPSA) is 101 Å². The molecule has 1 aliphatic carbocycles. The van der Waals surface area contributed by atoms with E-state index in [1.165, 1.54) is 0 Å². The van der Waals surface area contributed by atoms with Crippen LogP contribution in [-0.2, 0) is 20.9 Å². The Balaban J connectivity index is 1.47. The number of hydrogen-bond donors (Lipinski definition) is 3. The third-order valence-electron chi connectivity index (χ3n) is 4.35. The highest BCUT2D eigenvalue weighted by Crippen LogP contribution is 2.29. The molecular formula is C18H23N3O4. The first kappa shape index (κ1) is 17.6. The molecule has 1 fully saturated rings. The maximum Gasteiger partial charge on any atom is 0.223 e. The van der Waals surface area contributed by atoms with Gasteiger partial charge in [-0.2, -0.15) is 0 Å². The van der Waals surface area contributed by atoms with E-state index < -0.39 is 12.2 Å². The van der Waals surface area contributed by atoms with Crippen LogP contribution in [0.5, 0.6) is 0 Å². The smallest absolute Gasteiger partial charge is 0.223 e. The monoisotopic (exact) mass is 345 g/mol. The second-order valence-corrected chi connectivity index (χ2v) is 6.43. The van der Waals surface area contributed by atoms with Gasteiger partial charge in [-0.1, -0.05) is 12.2 Å². The third kappa shape index (κ3) is 5.11. The van der Waals surface area contributed by atoms with Gasteiger partial charge in [0.1, 0.15) is 6.10 Å². The first-order chi connectivity index (χ1) is 12.2. The maximum absolute atomic E-state index is 12.1. The van der Waals surface area contributed by atoms with Gasteiger partial charge >= 0.3 is 0 Å². The molecule has 2 aliphatic rings. The van der Waals surface area contributed by atoms with Gasteiger partial charge in [0.05, 0.1) is 25.2 Å². The summed E-state index contributed by atoms with van der Waals surface area (Å²) >= 11 is 0. The number of ether oxygens (including phenoxy) is 1. The van der Waals surface area contributed by atoms with E-state index in [4.69, 9.17) is 4.74 Å². The predicted molar refractivity (Wildman–Crippen MR) is 90.2 cm³/mol. The fourth-order valence-corrected chi connectivity index (χ4v) is 2.72. The van der Waals surface area contributed by atoms with Gasteiger partial charge in [-0.25, -0.2) is 0 Å². The largest absolute Gasteiger partial charge is 0.394 e. The van der Waals surface area contributed by atoms with Crippen molar-refractivity contribution in [1.29, 1.82) is 0 Å². The number of aliphatic hydroxyl groups is 1. The highest BCUT2D eigenvalue weighted by Gasteiger charge is 2.34. The van der Waals surface area contributed by atoms with E-state index in [-0.39, 0.29) is 36.8 Å². The van der Waals surface area contributed by atoms with Crippen LogP contribution in [0.15, 0.2) is 36.7 Å². The Hall–Kier alpha value is -2.25. The summed E-state index contributed by atoms with van der Waals surface area (Å²) in [6.45, 7) is 0.219. The number of amides is 2. The Morgan fingerprint density at radius 2 is 2.00 bits per heavy atom. The fraction of sp³-hybridized carbons (Fsp3) is 0.500. The molecule has 0 aromatic carbocycles. The molecular weight excluding hydrogens is 322 g/mol. The minimum absolute atomic E-state index is 0.00486. The van der Waals surface area contributed by atoms with Crippen molar-refractivity contribution < 1.29 is 19.4 Å². The molecule has 1 aromatic rings. The standard InChI is InChI=1S/C18H23N3O4/c22-11-16-15(21-18(24)13-1-2-13)4-3-14(25-16)9-17(23)20-10-12-5-7-19-8-6-12/h3-8,13-16,22H,1-2,9-11H2,(H,20,23)(H,21,24)/t14-,15-,16-/m1/s1. The van der Waals surface area contributed by atoms with Crippen molar-refractivity contribution in [3.05, 3.63) is 42.2 Å². The van der Waals surface area contributed by atoms with Gasteiger partial charge in [-0.3, -0.25) is 14.6 Å². The predicted octanol–water partition coefficient (Wildman–Crippen LogP) is 0.299. The van der Waals surface area contributed by atoms with E-state index >= 15 is 0 Å². The van der Waals surface area contributed by atoms with E-state index in [1.807, 2.05) is 18.2 Å². The Labute approximate surface area is 146 Å². The molecule has 7 heteroatoms. The van der Waals surface area contributed by atoms with Gasteiger partial charge in [-0.15, -0.1) is 0 Å². The number of hydrogen-bond acceptors (Lipinski definition) is 5. The summed E-state index contributed by atoms with van der Waals surface area (Å²) in [7, 11) is 0. The van der Waals surface area contributed by atoms with Crippen molar-refractivity contribution in [1.82, 2.24) is 15.6 Å². The van der Waals surface area contributed by atoms with Crippen molar-refractivity contribution in [2.75, 3.05) is 6.61 Å². The summed E-state index contributed by atoms with van der Waals surface area (Å²) < 4.78 is 5.75. The second kappa shape index (κ2) is 8.22. The van der Waals surface area contributed by atoms with Gasteiger partial charge in [0.25, 0.3) is 0 Å². The van der Waals surface area contributed by atoms with Gasteiger partial charge in [0, 0.05) is 24.9 Å². The van der Waals surface area contributed by atoms with Crippen LogP contribution in [-0.4, -0.2) is 46.8 Å². The SMILES string of the molecule is O=C(C[C@H]1C=C[C@@H](NC(=O)C2CC2)[C@@H](CO)O1)NCc1ccncc1. The molecule has 0 spiro atoms. The summed E-state index contributed by atoms with van der Waals surface area (Å²) in [5, 5.41) is 15.2. The van der Waals surface area contributed by atoms with Crippen LogP contribution in [0.4, 0.5) is 0 Å². The van der Waals surface area contributed by atoms with Gasteiger partial charge in [0.15, 0.2) is 0 Å². The number of aliphatic hydroxyl groups excluding tert-OH is 1. The first-order valence-corrected chi connectivity index (χ1v) is 8.56. The van der Waals surface area contributed by atoms with Gasteiger partial charge < -0.3 is 20.5 Å². The highest BCUT2D eigenvalue weighted by molar-refractivity contribution is 5.81. The summed E-state index contributed by atoms with van der Waals surface area (Å²) in [5.41, 5.74) is 0.972. The summed E-state index contributed by atoms with van der Waals surface area (Å²) in [5.74, 6) is -0.0294. The molecule has 25 heavy (non-hydrogen) atoms. The molecule has 1 aromatic heterocycles. The molecule has 7 nitrogen and oxygen atoms in total. The minimum Gasteiger partial charge on any atom is -0.394 e. The zero-order valence-corrected chi connectivity index (χ0v) is 13.9. The Kier molecular flexibility index (Phi) is 5.78. The lowest BCUT2D eigenvalue weighted by molar-refractivity contribution is -0.128. The van der Waals surface area contributed by atoms with Crippen LogP contribution >= 0.6 is 0 Å². The molecule has 1 aliphatic heterocycles. The van der Waals surface area contributed by atoms with Gasteiger partial charge in [-0.05, 0) is 30.5 Å². The van der Waals surface area contributed by atoms with E-state index in [0.717, 1.165) is 18.4 Å². The lowest BCUT2D eigenvalue weighted by Crippen LogP contribution is -2.49. The lowest BCUT2D eigenvalue weighted by atomic mass is 10.0. The minimum atomic E-state index is -0.536. The third-order valence-corrected chi connectivity index (χ3v) is 4.35. The number of nitrogens with zero attached hydrogens (tertiary/aromatic N) is 1. The lowest BCUT2D eigenvalue weighted by Gasteiger charge is -2.31. The zero-order chi connectivity index (χ0) is 17.6. The molecule has 0 bridgehead atoms. The Morgan fingerprint density at radius 1 is 1.24 bits per heavy atom. The van der Waals surface area contributed by atoms with Crippen molar-refractivity contribution in [2.45, 2.75) is 44.1 Å². The van der Waals surface area contributed by atoms with Crippen molar-refractivity contribution in [2.24, 2.45) is 5.92 Å². The van der Waals surface area contributed by atoms with E-state index in [1.54, 1.807) is 18.5 Å². The number of nitrogens with one attached hydrogen (secondary N) is 2. The highest BCUT2D eigenvalue weighted by atomic mass is 16.5. The summed E-state index contributed by atoms with van der Waals surface area (Å²) in [6, 6.07) is 3.33. The molecule has 2 heterocycles. The quantitative estimate of drug-likeness (QED) is 0.617. The average molecular weight is 345 g/mol. The summed E-state index contributed by atoms with van der Waals surface area (Å²) in [4.78, 5) is 27.9. The number of pyridine rings is 1. The molecule has 134 valence electrons. The maximum atomic E-state index is 12.1. The van der Waals surface area contributed by atoms with Crippen LogP contribution in [0.25, 0.3) is 0 Å². The van der Waals surface area contributed by atoms with Crippen molar-refractivity contribution in [3.8, 4) is 0 Å². The average Bonchev–Trinajstić information content (AvgIpc) is 3.47.